The molecule has 21 heavy (non-hydrogen) atoms. The van der Waals surface area contributed by atoms with E-state index in [2.05, 4.69) is 29.7 Å². The zero-order valence-electron chi connectivity index (χ0n) is 12.5. The minimum absolute atomic E-state index is 0.258. The molecular formula is C16H21Cl2N3. The number of hydrogen-bond donors (Lipinski definition) is 0. The van der Waals surface area contributed by atoms with Crippen LogP contribution >= 0.6 is 23.2 Å². The molecule has 1 fully saturated rings. The van der Waals surface area contributed by atoms with Crippen molar-refractivity contribution in [2.75, 3.05) is 26.2 Å². The summed E-state index contributed by atoms with van der Waals surface area (Å²) in [4.78, 5) is 4.72. The highest BCUT2D eigenvalue weighted by atomic mass is 35.5. The van der Waals surface area contributed by atoms with Gasteiger partial charge in [0.1, 0.15) is 6.04 Å². The molecule has 2 atom stereocenters. The predicted octanol–water partition coefficient (Wildman–Crippen LogP) is 3.97. The zero-order valence-corrected chi connectivity index (χ0v) is 14.0. The van der Waals surface area contributed by atoms with Gasteiger partial charge in [0.15, 0.2) is 0 Å². The van der Waals surface area contributed by atoms with Gasteiger partial charge in [-0.1, -0.05) is 36.2 Å². The highest BCUT2D eigenvalue weighted by molar-refractivity contribution is 6.42. The SMILES string of the molecule is CCCN1CCN(C(C#N)c2ccc(Cl)c(Cl)c2)CC1C. The molecule has 0 bridgehead atoms. The van der Waals surface area contributed by atoms with Crippen LogP contribution < -0.4 is 0 Å². The molecule has 2 unspecified atom stereocenters. The van der Waals surface area contributed by atoms with Crippen LogP contribution in [0.5, 0.6) is 0 Å². The first-order valence-corrected chi connectivity index (χ1v) is 8.15. The Balaban J connectivity index is 2.12. The summed E-state index contributed by atoms with van der Waals surface area (Å²) in [5, 5.41) is 10.6. The number of nitrogens with zero attached hydrogens (tertiary/aromatic N) is 3. The second-order valence-electron chi connectivity index (χ2n) is 5.59. The molecule has 0 radical (unpaired) electrons. The van der Waals surface area contributed by atoms with E-state index in [0.29, 0.717) is 16.1 Å². The molecule has 1 heterocycles. The maximum absolute atomic E-state index is 9.57. The minimum Gasteiger partial charge on any atom is -0.298 e. The average Bonchev–Trinajstić information content (AvgIpc) is 2.46. The fourth-order valence-corrected chi connectivity index (χ4v) is 3.23. The van der Waals surface area contributed by atoms with Gasteiger partial charge in [-0.3, -0.25) is 9.80 Å². The number of benzene rings is 1. The molecule has 0 saturated carbocycles. The molecular weight excluding hydrogens is 305 g/mol. The molecule has 1 aromatic rings. The Hall–Kier alpha value is -0.790. The van der Waals surface area contributed by atoms with Crippen molar-refractivity contribution < 1.29 is 0 Å². The smallest absolute Gasteiger partial charge is 0.124 e. The normalized spacial score (nSPS) is 22.0. The first-order chi connectivity index (χ1) is 10.1. The summed E-state index contributed by atoms with van der Waals surface area (Å²) < 4.78 is 0. The van der Waals surface area contributed by atoms with Crippen LogP contribution in [-0.4, -0.2) is 42.0 Å². The van der Waals surface area contributed by atoms with Crippen molar-refractivity contribution in [1.82, 2.24) is 9.80 Å². The van der Waals surface area contributed by atoms with Gasteiger partial charge in [0, 0.05) is 25.7 Å². The zero-order chi connectivity index (χ0) is 15.4. The lowest BCUT2D eigenvalue weighted by Crippen LogP contribution is -2.52. The van der Waals surface area contributed by atoms with Gasteiger partial charge in [0.05, 0.1) is 16.1 Å². The fourth-order valence-electron chi connectivity index (χ4n) is 2.93. The molecule has 3 nitrogen and oxygen atoms in total. The van der Waals surface area contributed by atoms with E-state index in [1.807, 2.05) is 6.07 Å². The van der Waals surface area contributed by atoms with Gasteiger partial charge in [-0.25, -0.2) is 0 Å². The lowest BCUT2D eigenvalue weighted by atomic mass is 10.0. The Kier molecular flexibility index (Phi) is 5.89. The van der Waals surface area contributed by atoms with E-state index >= 15 is 0 Å². The van der Waals surface area contributed by atoms with Crippen molar-refractivity contribution in [3.05, 3.63) is 33.8 Å². The number of rotatable bonds is 4. The maximum atomic E-state index is 9.57. The Labute approximate surface area is 137 Å². The molecule has 2 rings (SSSR count). The topological polar surface area (TPSA) is 30.3 Å². The number of hydrogen-bond acceptors (Lipinski definition) is 3. The standard InChI is InChI=1S/C16H21Cl2N3/c1-3-6-20-7-8-21(11-12(20)2)16(10-19)13-4-5-14(17)15(18)9-13/h4-5,9,12,16H,3,6-8,11H2,1-2H3. The Morgan fingerprint density at radius 1 is 1.33 bits per heavy atom. The molecule has 0 amide bonds. The van der Waals surface area contributed by atoms with Crippen molar-refractivity contribution >= 4 is 23.2 Å². The summed E-state index contributed by atoms with van der Waals surface area (Å²) in [7, 11) is 0. The van der Waals surface area contributed by atoms with E-state index in [0.717, 1.165) is 31.7 Å². The van der Waals surface area contributed by atoms with Gasteiger partial charge in [0.2, 0.25) is 0 Å². The monoisotopic (exact) mass is 325 g/mol. The third kappa shape index (κ3) is 3.90. The van der Waals surface area contributed by atoms with Crippen molar-refractivity contribution in [3.8, 4) is 6.07 Å². The van der Waals surface area contributed by atoms with Crippen molar-refractivity contribution in [1.29, 1.82) is 5.26 Å². The summed E-state index contributed by atoms with van der Waals surface area (Å²) in [6.45, 7) is 8.37. The van der Waals surface area contributed by atoms with E-state index in [1.54, 1.807) is 12.1 Å². The van der Waals surface area contributed by atoms with Gasteiger partial charge < -0.3 is 0 Å². The lowest BCUT2D eigenvalue weighted by molar-refractivity contribution is 0.0690. The lowest BCUT2D eigenvalue weighted by Gasteiger charge is -2.41. The largest absolute Gasteiger partial charge is 0.298 e. The molecule has 0 N–H and O–H groups in total. The molecule has 0 aromatic heterocycles. The first-order valence-electron chi connectivity index (χ1n) is 7.39. The predicted molar refractivity (Wildman–Crippen MR) is 87.7 cm³/mol. The summed E-state index contributed by atoms with van der Waals surface area (Å²) in [5.41, 5.74) is 0.919. The molecule has 114 valence electrons. The molecule has 0 spiro atoms. The maximum Gasteiger partial charge on any atom is 0.124 e. The Morgan fingerprint density at radius 2 is 2.10 bits per heavy atom. The summed E-state index contributed by atoms with van der Waals surface area (Å²) >= 11 is 12.0. The molecule has 5 heteroatoms. The second kappa shape index (κ2) is 7.47. The Morgan fingerprint density at radius 3 is 2.67 bits per heavy atom. The molecule has 1 aliphatic heterocycles. The minimum atomic E-state index is -0.258. The van der Waals surface area contributed by atoms with Crippen LogP contribution in [0.15, 0.2) is 18.2 Å². The third-order valence-corrected chi connectivity index (χ3v) is 4.79. The summed E-state index contributed by atoms with van der Waals surface area (Å²) in [6, 6.07) is 8.08. The Bertz CT molecular complexity index is 527. The van der Waals surface area contributed by atoms with Gasteiger partial charge in [-0.15, -0.1) is 0 Å². The van der Waals surface area contributed by atoms with Crippen LogP contribution in [0.3, 0.4) is 0 Å². The number of halogens is 2. The average molecular weight is 326 g/mol. The molecule has 0 aliphatic carbocycles. The van der Waals surface area contributed by atoms with Gasteiger partial charge in [0.25, 0.3) is 0 Å². The van der Waals surface area contributed by atoms with E-state index in [4.69, 9.17) is 23.2 Å². The van der Waals surface area contributed by atoms with E-state index in [-0.39, 0.29) is 6.04 Å². The summed E-state index contributed by atoms with van der Waals surface area (Å²) in [6.07, 6.45) is 1.17. The van der Waals surface area contributed by atoms with Crippen molar-refractivity contribution in [2.24, 2.45) is 0 Å². The molecule has 1 aliphatic rings. The molecule has 1 aromatic carbocycles. The highest BCUT2D eigenvalue weighted by Crippen LogP contribution is 2.29. The van der Waals surface area contributed by atoms with E-state index in [9.17, 15) is 5.26 Å². The summed E-state index contributed by atoms with van der Waals surface area (Å²) in [5.74, 6) is 0. The number of piperazine rings is 1. The van der Waals surface area contributed by atoms with Gasteiger partial charge >= 0.3 is 0 Å². The van der Waals surface area contributed by atoms with Crippen LogP contribution in [0.1, 0.15) is 31.9 Å². The van der Waals surface area contributed by atoms with Crippen LogP contribution in [0.4, 0.5) is 0 Å². The van der Waals surface area contributed by atoms with Crippen LogP contribution in [-0.2, 0) is 0 Å². The second-order valence-corrected chi connectivity index (χ2v) is 6.40. The number of nitriles is 1. The third-order valence-electron chi connectivity index (χ3n) is 4.05. The highest BCUT2D eigenvalue weighted by Gasteiger charge is 2.29. The van der Waals surface area contributed by atoms with Crippen LogP contribution in [0.2, 0.25) is 10.0 Å². The van der Waals surface area contributed by atoms with Crippen LogP contribution in [0.25, 0.3) is 0 Å². The fraction of sp³-hybridized carbons (Fsp3) is 0.562. The first kappa shape index (κ1) is 16.6. The van der Waals surface area contributed by atoms with Crippen molar-refractivity contribution in [3.63, 3.8) is 0 Å². The van der Waals surface area contributed by atoms with Crippen molar-refractivity contribution in [2.45, 2.75) is 32.4 Å². The van der Waals surface area contributed by atoms with Crippen LogP contribution in [0, 0.1) is 11.3 Å². The van der Waals surface area contributed by atoms with Gasteiger partial charge in [-0.2, -0.15) is 5.26 Å². The van der Waals surface area contributed by atoms with E-state index in [1.165, 1.54) is 6.42 Å². The van der Waals surface area contributed by atoms with Gasteiger partial charge in [-0.05, 0) is 37.6 Å². The molecule has 1 saturated heterocycles. The van der Waals surface area contributed by atoms with E-state index < -0.39 is 0 Å². The quantitative estimate of drug-likeness (QED) is 0.838.